The molecule has 0 radical (unpaired) electrons. The maximum atomic E-state index is 12.5. The zero-order valence-corrected chi connectivity index (χ0v) is 11.9. The number of hydrogen-bond donors (Lipinski definition) is 0. The van der Waals surface area contributed by atoms with E-state index in [2.05, 4.69) is 0 Å². The van der Waals surface area contributed by atoms with Crippen molar-refractivity contribution in [3.05, 3.63) is 0 Å². The van der Waals surface area contributed by atoms with Gasteiger partial charge in [-0.2, -0.15) is 5.26 Å². The highest BCUT2D eigenvalue weighted by atomic mass is 32.2. The monoisotopic (exact) mass is 284 g/mol. The normalized spacial score (nSPS) is 26.8. The van der Waals surface area contributed by atoms with Gasteiger partial charge in [0.05, 0.1) is 11.8 Å². The fourth-order valence-electron chi connectivity index (χ4n) is 3.10. The van der Waals surface area contributed by atoms with E-state index in [4.69, 9.17) is 5.26 Å². The van der Waals surface area contributed by atoms with Crippen LogP contribution in [0.3, 0.4) is 0 Å². The Hall–Kier alpha value is -1.09. The second-order valence-corrected chi connectivity index (χ2v) is 7.72. The standard InChI is InChI=1S/C13H20N2O3S/c14-8-9-15(11-5-1-2-6-11)13(16)12-7-3-4-10-19(12,17)18/h11-12H,1-7,9-10H2. The van der Waals surface area contributed by atoms with Crippen LogP contribution >= 0.6 is 0 Å². The van der Waals surface area contributed by atoms with Gasteiger partial charge in [-0.25, -0.2) is 8.42 Å². The lowest BCUT2D eigenvalue weighted by molar-refractivity contribution is -0.132. The Balaban J connectivity index is 2.16. The van der Waals surface area contributed by atoms with E-state index in [9.17, 15) is 13.2 Å². The first-order valence-corrected chi connectivity index (χ1v) is 8.67. The quantitative estimate of drug-likeness (QED) is 0.731. The Bertz CT molecular complexity index is 475. The van der Waals surface area contributed by atoms with E-state index in [1.807, 2.05) is 6.07 Å². The number of carbonyl (C=O) groups excluding carboxylic acids is 1. The molecule has 1 saturated carbocycles. The van der Waals surface area contributed by atoms with Crippen LogP contribution in [0.1, 0.15) is 44.9 Å². The van der Waals surface area contributed by atoms with Gasteiger partial charge < -0.3 is 4.90 Å². The van der Waals surface area contributed by atoms with E-state index in [0.29, 0.717) is 12.8 Å². The van der Waals surface area contributed by atoms with E-state index in [1.165, 1.54) is 4.90 Å². The van der Waals surface area contributed by atoms with Crippen molar-refractivity contribution in [3.8, 4) is 6.07 Å². The first-order valence-electron chi connectivity index (χ1n) is 6.95. The summed E-state index contributed by atoms with van der Waals surface area (Å²) < 4.78 is 24.0. The molecular formula is C13H20N2O3S. The van der Waals surface area contributed by atoms with Crippen molar-refractivity contribution in [1.82, 2.24) is 4.90 Å². The summed E-state index contributed by atoms with van der Waals surface area (Å²) in [4.78, 5) is 14.0. The van der Waals surface area contributed by atoms with E-state index in [-0.39, 0.29) is 24.2 Å². The molecule has 0 aromatic heterocycles. The molecule has 106 valence electrons. The second kappa shape index (κ2) is 5.91. The van der Waals surface area contributed by atoms with Gasteiger partial charge in [-0.05, 0) is 25.7 Å². The van der Waals surface area contributed by atoms with Crippen molar-refractivity contribution < 1.29 is 13.2 Å². The minimum atomic E-state index is -3.32. The van der Waals surface area contributed by atoms with Gasteiger partial charge in [-0.1, -0.05) is 19.3 Å². The summed E-state index contributed by atoms with van der Waals surface area (Å²) in [6, 6.07) is 2.06. The zero-order chi connectivity index (χ0) is 13.9. The topological polar surface area (TPSA) is 78.2 Å². The second-order valence-electron chi connectivity index (χ2n) is 5.41. The molecule has 1 aliphatic heterocycles. The Morgan fingerprint density at radius 2 is 1.79 bits per heavy atom. The summed E-state index contributed by atoms with van der Waals surface area (Å²) in [5.74, 6) is -0.234. The Morgan fingerprint density at radius 1 is 1.16 bits per heavy atom. The average molecular weight is 284 g/mol. The highest BCUT2D eigenvalue weighted by Gasteiger charge is 2.39. The van der Waals surface area contributed by atoms with E-state index in [0.717, 1.165) is 32.1 Å². The number of rotatable bonds is 3. The van der Waals surface area contributed by atoms with Crippen molar-refractivity contribution in [2.24, 2.45) is 0 Å². The summed E-state index contributed by atoms with van der Waals surface area (Å²) in [6.45, 7) is 0.00944. The lowest BCUT2D eigenvalue weighted by atomic mass is 10.1. The average Bonchev–Trinajstić information content (AvgIpc) is 2.88. The molecule has 0 bridgehead atoms. The van der Waals surface area contributed by atoms with Gasteiger partial charge in [0, 0.05) is 6.04 Å². The highest BCUT2D eigenvalue weighted by molar-refractivity contribution is 7.92. The Morgan fingerprint density at radius 3 is 2.37 bits per heavy atom. The maximum Gasteiger partial charge on any atom is 0.242 e. The zero-order valence-electron chi connectivity index (χ0n) is 11.0. The summed E-state index contributed by atoms with van der Waals surface area (Å²) in [7, 11) is -3.32. The van der Waals surface area contributed by atoms with Gasteiger partial charge in [0.25, 0.3) is 0 Å². The Labute approximate surface area is 114 Å². The molecule has 5 nitrogen and oxygen atoms in total. The third-order valence-corrected chi connectivity index (χ3v) is 6.31. The molecule has 1 amide bonds. The summed E-state index contributed by atoms with van der Waals surface area (Å²) in [5.41, 5.74) is 0. The van der Waals surface area contributed by atoms with Gasteiger partial charge in [-0.3, -0.25) is 4.79 Å². The third-order valence-electron chi connectivity index (χ3n) is 4.14. The molecule has 1 atom stereocenters. The number of carbonyl (C=O) groups is 1. The molecule has 0 spiro atoms. The van der Waals surface area contributed by atoms with Crippen molar-refractivity contribution in [1.29, 1.82) is 5.26 Å². The minimum absolute atomic E-state index is 0.00944. The van der Waals surface area contributed by atoms with E-state index in [1.54, 1.807) is 0 Å². The number of nitriles is 1. The fourth-order valence-corrected chi connectivity index (χ4v) is 4.96. The SMILES string of the molecule is N#CCN(C(=O)C1CCCCS1(=O)=O)C1CCCC1. The van der Waals surface area contributed by atoms with Crippen LogP contribution in [0.15, 0.2) is 0 Å². The van der Waals surface area contributed by atoms with Crippen molar-refractivity contribution in [2.75, 3.05) is 12.3 Å². The first-order chi connectivity index (χ1) is 9.06. The van der Waals surface area contributed by atoms with Gasteiger partial charge in [-0.15, -0.1) is 0 Å². The summed E-state index contributed by atoms with van der Waals surface area (Å²) >= 11 is 0. The van der Waals surface area contributed by atoms with Gasteiger partial charge >= 0.3 is 0 Å². The third kappa shape index (κ3) is 3.08. The first kappa shape index (κ1) is 14.3. The summed E-state index contributed by atoms with van der Waals surface area (Å²) in [6.07, 6.45) is 5.72. The molecule has 1 heterocycles. The maximum absolute atomic E-state index is 12.5. The molecule has 0 N–H and O–H groups in total. The molecule has 2 fully saturated rings. The molecule has 0 aromatic carbocycles. The predicted molar refractivity (Wildman–Crippen MR) is 71.0 cm³/mol. The van der Waals surface area contributed by atoms with E-state index < -0.39 is 15.1 Å². The molecule has 1 saturated heterocycles. The van der Waals surface area contributed by atoms with Crippen LogP contribution in [0.2, 0.25) is 0 Å². The largest absolute Gasteiger partial charge is 0.325 e. The number of hydrogen-bond acceptors (Lipinski definition) is 4. The molecule has 1 unspecified atom stereocenters. The van der Waals surface area contributed by atoms with Crippen molar-refractivity contribution in [2.45, 2.75) is 56.2 Å². The van der Waals surface area contributed by atoms with Crippen LogP contribution in [-0.4, -0.2) is 42.8 Å². The fraction of sp³-hybridized carbons (Fsp3) is 0.846. The van der Waals surface area contributed by atoms with Gasteiger partial charge in [0.2, 0.25) is 5.91 Å². The molecule has 19 heavy (non-hydrogen) atoms. The van der Waals surface area contributed by atoms with Crippen LogP contribution in [0, 0.1) is 11.3 Å². The molecular weight excluding hydrogens is 264 g/mol. The lowest BCUT2D eigenvalue weighted by Crippen LogP contribution is -2.49. The molecule has 2 aliphatic rings. The number of nitrogens with zero attached hydrogens (tertiary/aromatic N) is 2. The minimum Gasteiger partial charge on any atom is -0.325 e. The van der Waals surface area contributed by atoms with Crippen molar-refractivity contribution >= 4 is 15.7 Å². The van der Waals surface area contributed by atoms with Crippen LogP contribution in [0.25, 0.3) is 0 Å². The highest BCUT2D eigenvalue weighted by Crippen LogP contribution is 2.27. The summed E-state index contributed by atoms with van der Waals surface area (Å²) in [5, 5.41) is 7.97. The van der Waals surface area contributed by atoms with E-state index >= 15 is 0 Å². The Kier molecular flexibility index (Phi) is 4.46. The molecule has 1 aliphatic carbocycles. The lowest BCUT2D eigenvalue weighted by Gasteiger charge is -2.31. The van der Waals surface area contributed by atoms with Crippen LogP contribution in [0.5, 0.6) is 0 Å². The van der Waals surface area contributed by atoms with Crippen LogP contribution in [-0.2, 0) is 14.6 Å². The molecule has 6 heteroatoms. The van der Waals surface area contributed by atoms with Gasteiger partial charge in [0.1, 0.15) is 11.8 Å². The molecule has 2 rings (SSSR count). The van der Waals surface area contributed by atoms with Crippen LogP contribution < -0.4 is 0 Å². The molecule has 0 aromatic rings. The smallest absolute Gasteiger partial charge is 0.242 e. The number of amides is 1. The number of sulfone groups is 1. The van der Waals surface area contributed by atoms with Crippen molar-refractivity contribution in [3.63, 3.8) is 0 Å². The predicted octanol–water partition coefficient (Wildman–Crippen LogP) is 1.25. The van der Waals surface area contributed by atoms with Gasteiger partial charge in [0.15, 0.2) is 9.84 Å². The van der Waals surface area contributed by atoms with Crippen LogP contribution in [0.4, 0.5) is 0 Å².